The van der Waals surface area contributed by atoms with E-state index in [1.54, 1.807) is 0 Å². The summed E-state index contributed by atoms with van der Waals surface area (Å²) in [5.74, 6) is 0.935. The van der Waals surface area contributed by atoms with Crippen LogP contribution in [-0.4, -0.2) is 23.2 Å². The van der Waals surface area contributed by atoms with Crippen molar-refractivity contribution in [2.24, 2.45) is 11.8 Å². The average Bonchev–Trinajstić information content (AvgIpc) is 2.68. The monoisotopic (exact) mass is 183 g/mol. The Bertz CT molecular complexity index is 217. The number of carbonyl (C=O) groups is 1. The molecule has 2 aliphatic rings. The van der Waals surface area contributed by atoms with Gasteiger partial charge in [0.05, 0.1) is 12.1 Å². The lowest BCUT2D eigenvalue weighted by molar-refractivity contribution is -0.123. The molecule has 0 aromatic rings. The van der Waals surface area contributed by atoms with Crippen molar-refractivity contribution in [3.63, 3.8) is 0 Å². The summed E-state index contributed by atoms with van der Waals surface area (Å²) >= 11 is 0. The number of aliphatic hydroxyl groups excluding tert-OH is 1. The minimum absolute atomic E-state index is 0.0281. The highest BCUT2D eigenvalue weighted by Crippen LogP contribution is 2.38. The zero-order valence-electron chi connectivity index (χ0n) is 7.99. The highest BCUT2D eigenvalue weighted by atomic mass is 16.3. The van der Waals surface area contributed by atoms with E-state index in [1.165, 1.54) is 0 Å². The van der Waals surface area contributed by atoms with Crippen molar-refractivity contribution in [1.29, 1.82) is 0 Å². The van der Waals surface area contributed by atoms with Crippen LogP contribution in [0, 0.1) is 11.8 Å². The summed E-state index contributed by atoms with van der Waals surface area (Å²) in [6.45, 7) is 2.09. The fourth-order valence-corrected chi connectivity index (χ4v) is 2.09. The molecule has 0 radical (unpaired) electrons. The topological polar surface area (TPSA) is 49.3 Å². The first-order chi connectivity index (χ1) is 6.18. The quantitative estimate of drug-likeness (QED) is 0.661. The van der Waals surface area contributed by atoms with Crippen molar-refractivity contribution < 1.29 is 9.90 Å². The van der Waals surface area contributed by atoms with Gasteiger partial charge in [0, 0.05) is 5.92 Å². The molecule has 0 heterocycles. The van der Waals surface area contributed by atoms with E-state index in [2.05, 4.69) is 12.2 Å². The predicted molar refractivity (Wildman–Crippen MR) is 49.1 cm³/mol. The summed E-state index contributed by atoms with van der Waals surface area (Å²) in [6.07, 6.45) is 3.53. The van der Waals surface area contributed by atoms with Crippen LogP contribution in [-0.2, 0) is 4.79 Å². The van der Waals surface area contributed by atoms with Crippen molar-refractivity contribution >= 4 is 5.91 Å². The highest BCUT2D eigenvalue weighted by molar-refractivity contribution is 5.81. The second-order valence-electron chi connectivity index (χ2n) is 4.43. The molecule has 4 unspecified atom stereocenters. The second kappa shape index (κ2) is 3.29. The Balaban J connectivity index is 1.80. The molecule has 2 N–H and O–H groups in total. The largest absolute Gasteiger partial charge is 0.391 e. The molecule has 74 valence electrons. The summed E-state index contributed by atoms with van der Waals surface area (Å²) in [5, 5.41) is 12.4. The zero-order valence-corrected chi connectivity index (χ0v) is 7.99. The van der Waals surface area contributed by atoms with Gasteiger partial charge in [-0.25, -0.2) is 0 Å². The van der Waals surface area contributed by atoms with E-state index < -0.39 is 0 Å². The number of aliphatic hydroxyl groups is 1. The molecular formula is C10H17NO2. The molecule has 2 rings (SSSR count). The Kier molecular flexibility index (Phi) is 2.28. The molecule has 2 aliphatic carbocycles. The Morgan fingerprint density at radius 2 is 2.15 bits per heavy atom. The van der Waals surface area contributed by atoms with Gasteiger partial charge < -0.3 is 10.4 Å². The molecule has 2 saturated carbocycles. The van der Waals surface area contributed by atoms with E-state index in [1.807, 2.05) is 0 Å². The minimum atomic E-state index is -0.307. The predicted octanol–water partition coefficient (Wildman–Crippen LogP) is 0.672. The second-order valence-corrected chi connectivity index (χ2v) is 4.43. The first-order valence-electron chi connectivity index (χ1n) is 5.17. The normalized spacial score (nSPS) is 43.2. The molecule has 0 aliphatic heterocycles. The lowest BCUT2D eigenvalue weighted by Gasteiger charge is -2.16. The molecule has 3 heteroatoms. The summed E-state index contributed by atoms with van der Waals surface area (Å²) in [4.78, 5) is 11.5. The fourth-order valence-electron chi connectivity index (χ4n) is 2.09. The summed E-state index contributed by atoms with van der Waals surface area (Å²) in [6, 6.07) is 0.0281. The van der Waals surface area contributed by atoms with Gasteiger partial charge in [-0.1, -0.05) is 6.92 Å². The molecule has 2 fully saturated rings. The van der Waals surface area contributed by atoms with Crippen molar-refractivity contribution in [3.05, 3.63) is 0 Å². The molecule has 1 amide bonds. The van der Waals surface area contributed by atoms with Crippen molar-refractivity contribution in [1.82, 2.24) is 5.32 Å². The summed E-state index contributed by atoms with van der Waals surface area (Å²) in [5.41, 5.74) is 0. The van der Waals surface area contributed by atoms with Crippen LogP contribution in [0.1, 0.15) is 32.6 Å². The van der Waals surface area contributed by atoms with Crippen molar-refractivity contribution in [2.75, 3.05) is 0 Å². The third kappa shape index (κ3) is 1.85. The molecule has 0 spiro atoms. The number of rotatable bonds is 2. The zero-order chi connectivity index (χ0) is 9.42. The van der Waals surface area contributed by atoms with Gasteiger partial charge in [0.15, 0.2) is 0 Å². The molecule has 0 saturated heterocycles. The Morgan fingerprint density at radius 3 is 2.62 bits per heavy atom. The van der Waals surface area contributed by atoms with Gasteiger partial charge in [0.2, 0.25) is 5.91 Å². The van der Waals surface area contributed by atoms with E-state index in [4.69, 9.17) is 0 Å². The smallest absolute Gasteiger partial charge is 0.223 e. The fraction of sp³-hybridized carbons (Fsp3) is 0.900. The average molecular weight is 183 g/mol. The van der Waals surface area contributed by atoms with Crippen LogP contribution in [0.3, 0.4) is 0 Å². The van der Waals surface area contributed by atoms with Gasteiger partial charge in [0.25, 0.3) is 0 Å². The lowest BCUT2D eigenvalue weighted by Crippen LogP contribution is -2.40. The molecule has 0 bridgehead atoms. The summed E-state index contributed by atoms with van der Waals surface area (Å²) in [7, 11) is 0. The van der Waals surface area contributed by atoms with E-state index in [9.17, 15) is 9.90 Å². The Hall–Kier alpha value is -0.570. The number of hydrogen-bond donors (Lipinski definition) is 2. The summed E-state index contributed by atoms with van der Waals surface area (Å²) < 4.78 is 0. The highest BCUT2D eigenvalue weighted by Gasteiger charge is 2.40. The molecule has 0 aromatic heterocycles. The minimum Gasteiger partial charge on any atom is -0.391 e. The number of nitrogens with one attached hydrogen (secondary N) is 1. The van der Waals surface area contributed by atoms with Crippen LogP contribution in [0.15, 0.2) is 0 Å². The Labute approximate surface area is 78.5 Å². The van der Waals surface area contributed by atoms with Crippen molar-refractivity contribution in [3.8, 4) is 0 Å². The van der Waals surface area contributed by atoms with Crippen LogP contribution in [0.5, 0.6) is 0 Å². The Morgan fingerprint density at radius 1 is 1.46 bits per heavy atom. The standard InChI is InChI=1S/C10H17NO2/c1-6-5-7(6)10(13)11-8-3-2-4-9(8)12/h6-9,12H,2-5H2,1H3,(H,11,13). The van der Waals surface area contributed by atoms with Crippen LogP contribution in [0.2, 0.25) is 0 Å². The maximum atomic E-state index is 11.5. The maximum absolute atomic E-state index is 11.5. The molecule has 13 heavy (non-hydrogen) atoms. The van der Waals surface area contributed by atoms with Crippen LogP contribution < -0.4 is 5.32 Å². The van der Waals surface area contributed by atoms with Gasteiger partial charge in [-0.15, -0.1) is 0 Å². The number of amides is 1. The van der Waals surface area contributed by atoms with Gasteiger partial charge >= 0.3 is 0 Å². The third-order valence-electron chi connectivity index (χ3n) is 3.25. The first-order valence-corrected chi connectivity index (χ1v) is 5.17. The van der Waals surface area contributed by atoms with E-state index in [0.29, 0.717) is 5.92 Å². The maximum Gasteiger partial charge on any atom is 0.223 e. The molecule has 3 nitrogen and oxygen atoms in total. The SMILES string of the molecule is CC1CC1C(=O)NC1CCCC1O. The van der Waals surface area contributed by atoms with Crippen LogP contribution in [0.25, 0.3) is 0 Å². The van der Waals surface area contributed by atoms with Gasteiger partial charge in [0.1, 0.15) is 0 Å². The van der Waals surface area contributed by atoms with E-state index in [0.717, 1.165) is 25.7 Å². The number of hydrogen-bond acceptors (Lipinski definition) is 2. The van der Waals surface area contributed by atoms with E-state index in [-0.39, 0.29) is 24.0 Å². The van der Waals surface area contributed by atoms with Gasteiger partial charge in [-0.3, -0.25) is 4.79 Å². The molecule has 0 aromatic carbocycles. The van der Waals surface area contributed by atoms with Gasteiger partial charge in [-0.2, -0.15) is 0 Å². The van der Waals surface area contributed by atoms with Crippen LogP contribution >= 0.6 is 0 Å². The lowest BCUT2D eigenvalue weighted by atomic mass is 10.2. The third-order valence-corrected chi connectivity index (χ3v) is 3.25. The van der Waals surface area contributed by atoms with E-state index >= 15 is 0 Å². The molecule has 4 atom stereocenters. The van der Waals surface area contributed by atoms with Crippen LogP contribution in [0.4, 0.5) is 0 Å². The van der Waals surface area contributed by atoms with Crippen molar-refractivity contribution in [2.45, 2.75) is 44.8 Å². The number of carbonyl (C=O) groups excluding carboxylic acids is 1. The van der Waals surface area contributed by atoms with Gasteiger partial charge in [-0.05, 0) is 31.6 Å². The first kappa shape index (κ1) is 9.00. The molecular weight excluding hydrogens is 166 g/mol.